The highest BCUT2D eigenvalue weighted by Gasteiger charge is 2.30. The van der Waals surface area contributed by atoms with E-state index in [4.69, 9.17) is 4.74 Å². The minimum Gasteiger partial charge on any atom is -0.378 e. The van der Waals surface area contributed by atoms with E-state index in [9.17, 15) is 10.1 Å². The summed E-state index contributed by atoms with van der Waals surface area (Å²) >= 11 is 0. The van der Waals surface area contributed by atoms with E-state index in [0.29, 0.717) is 31.9 Å². The molecule has 22 heavy (non-hydrogen) atoms. The third-order valence-corrected chi connectivity index (χ3v) is 4.37. The molecule has 0 bridgehead atoms. The van der Waals surface area contributed by atoms with Gasteiger partial charge in [-0.05, 0) is 25.0 Å². The van der Waals surface area contributed by atoms with Crippen molar-refractivity contribution < 1.29 is 9.53 Å². The van der Waals surface area contributed by atoms with E-state index in [-0.39, 0.29) is 11.8 Å². The molecule has 0 unspecified atom stereocenters. The third kappa shape index (κ3) is 3.04. The molecule has 116 valence electrons. The second-order valence-corrected chi connectivity index (χ2v) is 5.69. The van der Waals surface area contributed by atoms with E-state index in [2.05, 4.69) is 16.0 Å². The summed E-state index contributed by atoms with van der Waals surface area (Å²) in [7, 11) is 0. The predicted octanol–water partition coefficient (Wildman–Crippen LogP) is 1.03. The second kappa shape index (κ2) is 6.75. The van der Waals surface area contributed by atoms with Gasteiger partial charge in [0.15, 0.2) is 0 Å². The van der Waals surface area contributed by atoms with Gasteiger partial charge >= 0.3 is 0 Å². The van der Waals surface area contributed by atoms with Crippen LogP contribution in [0.4, 0.5) is 5.82 Å². The maximum atomic E-state index is 12.5. The molecule has 0 atom stereocenters. The zero-order chi connectivity index (χ0) is 15.4. The first-order chi connectivity index (χ1) is 10.8. The first-order valence-electron chi connectivity index (χ1n) is 7.76. The summed E-state index contributed by atoms with van der Waals surface area (Å²) in [6.45, 7) is 4.24. The van der Waals surface area contributed by atoms with Crippen LogP contribution in [0.2, 0.25) is 0 Å². The molecule has 3 rings (SSSR count). The summed E-state index contributed by atoms with van der Waals surface area (Å²) in [5, 5.41) is 9.17. The molecule has 0 saturated carbocycles. The van der Waals surface area contributed by atoms with E-state index < -0.39 is 0 Å². The topological polar surface area (TPSA) is 69.5 Å². The normalized spacial score (nSPS) is 19.8. The van der Waals surface area contributed by atoms with Crippen LogP contribution in [0.15, 0.2) is 18.3 Å². The number of aromatic nitrogens is 1. The van der Waals surface area contributed by atoms with Gasteiger partial charge in [0.25, 0.3) is 0 Å². The SMILES string of the molecule is N#Cc1cccnc1N1CCC(C(=O)N2CCOCC2)CC1. The number of ether oxygens (including phenoxy) is 1. The number of piperidine rings is 1. The Morgan fingerprint density at radius 1 is 1.27 bits per heavy atom. The molecule has 2 aliphatic rings. The van der Waals surface area contributed by atoms with Crippen molar-refractivity contribution in [3.05, 3.63) is 23.9 Å². The number of rotatable bonds is 2. The van der Waals surface area contributed by atoms with E-state index in [1.807, 2.05) is 4.90 Å². The van der Waals surface area contributed by atoms with Gasteiger partial charge in [0.05, 0.1) is 18.8 Å². The number of amides is 1. The van der Waals surface area contributed by atoms with E-state index in [0.717, 1.165) is 31.7 Å². The molecule has 0 aromatic carbocycles. The molecule has 1 aromatic rings. The monoisotopic (exact) mass is 300 g/mol. The maximum Gasteiger partial charge on any atom is 0.225 e. The van der Waals surface area contributed by atoms with Crippen LogP contribution in [0, 0.1) is 17.2 Å². The Balaban J connectivity index is 1.60. The van der Waals surface area contributed by atoms with Gasteiger partial charge in [-0.1, -0.05) is 0 Å². The van der Waals surface area contributed by atoms with E-state index in [1.54, 1.807) is 18.3 Å². The van der Waals surface area contributed by atoms with Crippen LogP contribution in [-0.4, -0.2) is 55.2 Å². The molecule has 1 amide bonds. The number of nitrogens with zero attached hydrogens (tertiary/aromatic N) is 4. The van der Waals surface area contributed by atoms with Crippen LogP contribution < -0.4 is 4.90 Å². The lowest BCUT2D eigenvalue weighted by molar-refractivity contribution is -0.140. The third-order valence-electron chi connectivity index (χ3n) is 4.37. The molecule has 1 aromatic heterocycles. The quantitative estimate of drug-likeness (QED) is 0.816. The highest BCUT2D eigenvalue weighted by atomic mass is 16.5. The lowest BCUT2D eigenvalue weighted by Crippen LogP contribution is -2.47. The van der Waals surface area contributed by atoms with Crippen molar-refractivity contribution in [2.75, 3.05) is 44.3 Å². The standard InChI is InChI=1S/C16H20N4O2/c17-12-14-2-1-5-18-15(14)19-6-3-13(4-7-19)16(21)20-8-10-22-11-9-20/h1-2,5,13H,3-4,6-11H2. The first-order valence-corrected chi connectivity index (χ1v) is 7.76. The smallest absolute Gasteiger partial charge is 0.225 e. The predicted molar refractivity (Wildman–Crippen MR) is 81.3 cm³/mol. The van der Waals surface area contributed by atoms with Crippen molar-refractivity contribution in [3.8, 4) is 6.07 Å². The van der Waals surface area contributed by atoms with Gasteiger partial charge in [-0.15, -0.1) is 0 Å². The highest BCUT2D eigenvalue weighted by molar-refractivity contribution is 5.79. The molecule has 3 heterocycles. The van der Waals surface area contributed by atoms with Gasteiger partial charge in [-0.3, -0.25) is 4.79 Å². The lowest BCUT2D eigenvalue weighted by atomic mass is 9.95. The highest BCUT2D eigenvalue weighted by Crippen LogP contribution is 2.25. The average Bonchev–Trinajstić information content (AvgIpc) is 2.62. The molecule has 2 saturated heterocycles. The number of hydrogen-bond donors (Lipinski definition) is 0. The summed E-state index contributed by atoms with van der Waals surface area (Å²) in [5.41, 5.74) is 0.598. The molecule has 0 spiro atoms. The molecular weight excluding hydrogens is 280 g/mol. The summed E-state index contributed by atoms with van der Waals surface area (Å²) in [6.07, 6.45) is 3.34. The number of carbonyl (C=O) groups is 1. The second-order valence-electron chi connectivity index (χ2n) is 5.69. The van der Waals surface area contributed by atoms with Crippen LogP contribution in [0.25, 0.3) is 0 Å². The largest absolute Gasteiger partial charge is 0.378 e. The molecule has 6 nitrogen and oxygen atoms in total. The Hall–Kier alpha value is -2.13. The number of anilines is 1. The van der Waals surface area contributed by atoms with Crippen LogP contribution in [0.5, 0.6) is 0 Å². The molecule has 0 aliphatic carbocycles. The Morgan fingerprint density at radius 2 is 2.00 bits per heavy atom. The minimum atomic E-state index is 0.0867. The molecular formula is C16H20N4O2. The number of nitriles is 1. The van der Waals surface area contributed by atoms with Crippen molar-refractivity contribution in [1.29, 1.82) is 5.26 Å². The van der Waals surface area contributed by atoms with Crippen LogP contribution in [-0.2, 0) is 9.53 Å². The molecule has 2 fully saturated rings. The molecule has 2 aliphatic heterocycles. The van der Waals surface area contributed by atoms with Crippen molar-refractivity contribution in [2.45, 2.75) is 12.8 Å². The Kier molecular flexibility index (Phi) is 4.54. The van der Waals surface area contributed by atoms with Gasteiger partial charge in [0.2, 0.25) is 5.91 Å². The Bertz CT molecular complexity index is 570. The fourth-order valence-electron chi connectivity index (χ4n) is 3.12. The fraction of sp³-hybridized carbons (Fsp3) is 0.562. The molecule has 6 heteroatoms. The number of carbonyl (C=O) groups excluding carboxylic acids is 1. The van der Waals surface area contributed by atoms with Gasteiger partial charge in [0.1, 0.15) is 11.9 Å². The van der Waals surface area contributed by atoms with Crippen LogP contribution in [0.1, 0.15) is 18.4 Å². The summed E-state index contributed by atoms with van der Waals surface area (Å²) in [5.74, 6) is 1.08. The number of hydrogen-bond acceptors (Lipinski definition) is 5. The van der Waals surface area contributed by atoms with Gasteiger partial charge < -0.3 is 14.5 Å². The average molecular weight is 300 g/mol. The van der Waals surface area contributed by atoms with Crippen LogP contribution >= 0.6 is 0 Å². The Morgan fingerprint density at radius 3 is 2.68 bits per heavy atom. The fourth-order valence-corrected chi connectivity index (χ4v) is 3.12. The maximum absolute atomic E-state index is 12.5. The van der Waals surface area contributed by atoms with Crippen molar-refractivity contribution in [1.82, 2.24) is 9.88 Å². The summed E-state index contributed by atoms with van der Waals surface area (Å²) in [4.78, 5) is 20.9. The van der Waals surface area contributed by atoms with Crippen molar-refractivity contribution >= 4 is 11.7 Å². The zero-order valence-corrected chi connectivity index (χ0v) is 12.6. The molecule has 0 radical (unpaired) electrons. The number of pyridine rings is 1. The van der Waals surface area contributed by atoms with E-state index in [1.165, 1.54) is 0 Å². The van der Waals surface area contributed by atoms with Gasteiger partial charge in [0, 0.05) is 38.3 Å². The van der Waals surface area contributed by atoms with Crippen molar-refractivity contribution in [3.63, 3.8) is 0 Å². The van der Waals surface area contributed by atoms with Gasteiger partial charge in [-0.25, -0.2) is 4.98 Å². The number of morpholine rings is 1. The van der Waals surface area contributed by atoms with Crippen molar-refractivity contribution in [2.24, 2.45) is 5.92 Å². The Labute approximate surface area is 130 Å². The minimum absolute atomic E-state index is 0.0867. The van der Waals surface area contributed by atoms with Gasteiger partial charge in [-0.2, -0.15) is 5.26 Å². The zero-order valence-electron chi connectivity index (χ0n) is 12.6. The summed E-state index contributed by atoms with van der Waals surface area (Å²) < 4.78 is 5.30. The van der Waals surface area contributed by atoms with E-state index >= 15 is 0 Å². The summed E-state index contributed by atoms with van der Waals surface area (Å²) in [6, 6.07) is 5.74. The van der Waals surface area contributed by atoms with Crippen LogP contribution in [0.3, 0.4) is 0 Å². The molecule has 0 N–H and O–H groups in total. The first kappa shape index (κ1) is 14.8. The lowest BCUT2D eigenvalue weighted by Gasteiger charge is -2.36.